The summed E-state index contributed by atoms with van der Waals surface area (Å²) in [6, 6.07) is 52.2. The Morgan fingerprint density at radius 2 is 1.02 bits per heavy atom. The third-order valence-corrected chi connectivity index (χ3v) is 11.3. The number of nitrogens with one attached hydrogen (secondary N) is 1. The zero-order valence-electron chi connectivity index (χ0n) is 28.7. The minimum absolute atomic E-state index is 0.818. The number of nitrogens with zero attached hydrogens (tertiary/aromatic N) is 2. The maximum atomic E-state index is 3.56. The first-order valence-corrected chi connectivity index (χ1v) is 19.6. The number of fused-ring (bicyclic) bond motifs is 6. The number of benzene rings is 6. The summed E-state index contributed by atoms with van der Waals surface area (Å²) >= 11 is 5.93. The lowest BCUT2D eigenvalue weighted by Gasteiger charge is -2.30. The van der Waals surface area contributed by atoms with Crippen molar-refractivity contribution in [3.8, 4) is 11.4 Å². The topological polar surface area (TPSA) is 21.9 Å². The van der Waals surface area contributed by atoms with Crippen molar-refractivity contribution in [3.05, 3.63) is 154 Å². The molecule has 0 bridgehead atoms. The van der Waals surface area contributed by atoms with Crippen LogP contribution in [-0.2, 0) is 0 Å². The van der Waals surface area contributed by atoms with E-state index < -0.39 is 0 Å². The average molecular weight is 833 g/mol. The van der Waals surface area contributed by atoms with E-state index in [-0.39, 0.29) is 0 Å². The Morgan fingerprint density at radius 1 is 0.580 bits per heavy atom. The van der Waals surface area contributed by atoms with Crippen molar-refractivity contribution < 1.29 is 0 Å². The first kappa shape index (κ1) is 34.5. The molecule has 2 unspecified atom stereocenters. The molecular weight excluding hydrogens is 789 g/mol. The molecule has 0 saturated heterocycles. The van der Waals surface area contributed by atoms with Crippen LogP contribution in [0.1, 0.15) is 39.0 Å². The van der Waals surface area contributed by atoms with Crippen molar-refractivity contribution in [1.82, 2.24) is 14.5 Å². The molecule has 1 aliphatic rings. The smallest absolute Gasteiger partial charge is 0.0541 e. The predicted octanol–water partition coefficient (Wildman–Crippen LogP) is 13.1. The number of para-hydroxylation sites is 4. The summed E-state index contributed by atoms with van der Waals surface area (Å²) in [5.41, 5.74) is 7.40. The number of hydrogen-bond acceptors (Lipinski definition) is 1. The van der Waals surface area contributed by atoms with Crippen LogP contribution in [-0.4, -0.2) is 22.2 Å². The van der Waals surface area contributed by atoms with Gasteiger partial charge in [0.25, 0.3) is 0 Å². The Hall–Kier alpha value is -3.91. The number of rotatable bonds is 4. The van der Waals surface area contributed by atoms with Crippen LogP contribution in [0.2, 0.25) is 0 Å². The number of aromatic nitrogens is 2. The molecule has 0 spiro atoms. The molecule has 2 heterocycles. The van der Waals surface area contributed by atoms with Gasteiger partial charge in [0.2, 0.25) is 0 Å². The van der Waals surface area contributed by atoms with E-state index in [2.05, 4.69) is 213 Å². The zero-order chi connectivity index (χ0) is 34.5. The van der Waals surface area contributed by atoms with E-state index in [1.165, 1.54) is 90.7 Å². The van der Waals surface area contributed by atoms with Crippen molar-refractivity contribution in [2.75, 3.05) is 7.05 Å². The third-order valence-electron chi connectivity index (χ3n) is 10.1. The van der Waals surface area contributed by atoms with Crippen LogP contribution in [0, 0.1) is 9.49 Å². The second-order valence-electron chi connectivity index (χ2n) is 13.0. The standard InChI is InChI=1S/C18H12BrN.C18H12IN.C9H19N/c2*19-13-6-5-7-14(12-13)20-17-10-3-1-8-15(17)16-9-2-4-11-18(16)20;1-3-8-6-4-5-7-9(8)10-2/h2*1-12H;8-10H,3-7H2,1-2H3. The van der Waals surface area contributed by atoms with E-state index in [1.807, 2.05) is 0 Å². The average Bonchev–Trinajstić information content (AvgIpc) is 3.68. The largest absolute Gasteiger partial charge is 0.317 e. The van der Waals surface area contributed by atoms with E-state index in [0.717, 1.165) is 16.4 Å². The van der Waals surface area contributed by atoms with Crippen LogP contribution in [0.25, 0.3) is 55.0 Å². The van der Waals surface area contributed by atoms with E-state index in [4.69, 9.17) is 0 Å². The van der Waals surface area contributed by atoms with Gasteiger partial charge in [-0.05, 0) is 109 Å². The summed E-state index contributed by atoms with van der Waals surface area (Å²) in [6.45, 7) is 2.31. The molecule has 2 atom stereocenters. The Kier molecular flexibility index (Phi) is 11.0. The lowest BCUT2D eigenvalue weighted by molar-refractivity contribution is 0.267. The summed E-state index contributed by atoms with van der Waals surface area (Å²) in [6.07, 6.45) is 7.08. The maximum absolute atomic E-state index is 3.56. The van der Waals surface area contributed by atoms with Gasteiger partial charge in [-0.1, -0.05) is 127 Å². The molecule has 0 amide bonds. The number of halogens is 2. The highest BCUT2D eigenvalue weighted by Gasteiger charge is 2.21. The Labute approximate surface area is 317 Å². The molecule has 0 aliphatic heterocycles. The summed E-state index contributed by atoms with van der Waals surface area (Å²) in [7, 11) is 2.10. The second-order valence-corrected chi connectivity index (χ2v) is 15.2. The van der Waals surface area contributed by atoms with E-state index >= 15 is 0 Å². The molecule has 0 radical (unpaired) electrons. The van der Waals surface area contributed by atoms with Crippen LogP contribution in [0.4, 0.5) is 0 Å². The fraction of sp³-hybridized carbons (Fsp3) is 0.200. The Morgan fingerprint density at radius 3 is 1.44 bits per heavy atom. The molecule has 3 nitrogen and oxygen atoms in total. The van der Waals surface area contributed by atoms with Crippen molar-refractivity contribution in [3.63, 3.8) is 0 Å². The molecule has 9 rings (SSSR count). The fourth-order valence-electron chi connectivity index (χ4n) is 7.71. The summed E-state index contributed by atoms with van der Waals surface area (Å²) in [4.78, 5) is 0. The first-order chi connectivity index (χ1) is 24.6. The van der Waals surface area contributed by atoms with Gasteiger partial charge in [0.15, 0.2) is 0 Å². The molecule has 1 fully saturated rings. The summed E-state index contributed by atoms with van der Waals surface area (Å²) < 4.78 is 7.00. The Bertz CT molecular complexity index is 2100. The van der Waals surface area contributed by atoms with E-state index in [9.17, 15) is 0 Å². The summed E-state index contributed by atoms with van der Waals surface area (Å²) in [5, 5.41) is 8.61. The molecular formula is C45H43BrIN3. The van der Waals surface area contributed by atoms with Crippen molar-refractivity contribution in [2.24, 2.45) is 5.92 Å². The summed E-state index contributed by atoms with van der Waals surface area (Å²) in [5.74, 6) is 0.957. The Balaban J connectivity index is 0.000000125. The van der Waals surface area contributed by atoms with Crippen LogP contribution in [0.15, 0.2) is 150 Å². The minimum Gasteiger partial charge on any atom is -0.317 e. The third kappa shape index (κ3) is 7.14. The van der Waals surface area contributed by atoms with Gasteiger partial charge in [0.05, 0.1) is 22.1 Å². The SMILES string of the molecule is Brc1cccc(-n2c3ccccc3c3ccccc32)c1.CCC1CCCCC1NC.Ic1cccc(-n2c3ccccc3c3ccccc32)c1. The van der Waals surface area contributed by atoms with Gasteiger partial charge in [-0.2, -0.15) is 0 Å². The molecule has 1 N–H and O–H groups in total. The molecule has 1 saturated carbocycles. The number of hydrogen-bond donors (Lipinski definition) is 1. The van der Waals surface area contributed by atoms with Gasteiger partial charge in [-0.3, -0.25) is 0 Å². The van der Waals surface area contributed by atoms with Crippen molar-refractivity contribution >= 4 is 82.1 Å². The van der Waals surface area contributed by atoms with Crippen LogP contribution >= 0.6 is 38.5 Å². The van der Waals surface area contributed by atoms with Crippen molar-refractivity contribution in [1.29, 1.82) is 0 Å². The van der Waals surface area contributed by atoms with Gasteiger partial charge >= 0.3 is 0 Å². The highest BCUT2D eigenvalue weighted by molar-refractivity contribution is 14.1. The highest BCUT2D eigenvalue weighted by atomic mass is 127. The van der Waals surface area contributed by atoms with Crippen LogP contribution in [0.3, 0.4) is 0 Å². The fourth-order valence-corrected chi connectivity index (χ4v) is 8.62. The molecule has 50 heavy (non-hydrogen) atoms. The maximum Gasteiger partial charge on any atom is 0.0541 e. The van der Waals surface area contributed by atoms with Gasteiger partial charge in [0, 0.05) is 47.0 Å². The highest BCUT2D eigenvalue weighted by Crippen LogP contribution is 2.33. The van der Waals surface area contributed by atoms with Gasteiger partial charge in [-0.25, -0.2) is 0 Å². The molecule has 8 aromatic rings. The molecule has 1 aliphatic carbocycles. The monoisotopic (exact) mass is 831 g/mol. The molecule has 5 heteroatoms. The molecule has 252 valence electrons. The lowest BCUT2D eigenvalue weighted by Crippen LogP contribution is -2.35. The van der Waals surface area contributed by atoms with E-state index in [0.29, 0.717) is 0 Å². The van der Waals surface area contributed by atoms with Crippen LogP contribution in [0.5, 0.6) is 0 Å². The van der Waals surface area contributed by atoms with Gasteiger partial charge < -0.3 is 14.5 Å². The van der Waals surface area contributed by atoms with Crippen molar-refractivity contribution in [2.45, 2.75) is 45.1 Å². The predicted molar refractivity (Wildman–Crippen MR) is 227 cm³/mol. The molecule has 6 aromatic carbocycles. The second kappa shape index (κ2) is 16.0. The van der Waals surface area contributed by atoms with Gasteiger partial charge in [-0.15, -0.1) is 0 Å². The molecule has 2 aromatic heterocycles. The zero-order valence-corrected chi connectivity index (χ0v) is 32.4. The quantitative estimate of drug-likeness (QED) is 0.175. The minimum atomic E-state index is 0.818. The lowest BCUT2D eigenvalue weighted by atomic mass is 9.83. The van der Waals surface area contributed by atoms with Crippen LogP contribution < -0.4 is 5.32 Å². The van der Waals surface area contributed by atoms with Gasteiger partial charge in [0.1, 0.15) is 0 Å². The first-order valence-electron chi connectivity index (χ1n) is 17.7. The van der Waals surface area contributed by atoms with E-state index in [1.54, 1.807) is 0 Å². The normalized spacial score (nSPS) is 15.8.